The van der Waals surface area contributed by atoms with Crippen molar-refractivity contribution in [3.05, 3.63) is 65.5 Å². The number of nitrogens with one attached hydrogen (secondary N) is 2. The number of aromatic nitrogens is 2. The van der Waals surface area contributed by atoms with Crippen LogP contribution in [-0.2, 0) is 15.7 Å². The Kier molecular flexibility index (Phi) is 7.04. The van der Waals surface area contributed by atoms with Crippen LogP contribution in [0.4, 0.5) is 30.6 Å². The maximum absolute atomic E-state index is 12.7. The van der Waals surface area contributed by atoms with Gasteiger partial charge in [0, 0.05) is 18.3 Å². The first-order valence-electron chi connectivity index (χ1n) is 11.0. The highest BCUT2D eigenvalue weighted by Gasteiger charge is 2.30. The Morgan fingerprint density at radius 3 is 2.17 bits per heavy atom. The van der Waals surface area contributed by atoms with Crippen LogP contribution in [0.15, 0.2) is 52.9 Å². The van der Waals surface area contributed by atoms with Crippen LogP contribution in [0.2, 0.25) is 0 Å². The van der Waals surface area contributed by atoms with Crippen LogP contribution in [0, 0.1) is 0 Å². The topological polar surface area (TPSA) is 106 Å². The summed E-state index contributed by atoms with van der Waals surface area (Å²) < 4.78 is 48.5. The third-order valence-electron chi connectivity index (χ3n) is 5.73. The van der Waals surface area contributed by atoms with Crippen LogP contribution < -0.4 is 10.6 Å². The number of anilines is 3. The van der Waals surface area contributed by atoms with Gasteiger partial charge >= 0.3 is 30.0 Å². The largest absolute Gasteiger partial charge is 0.463 e. The highest BCUT2D eigenvalue weighted by atomic mass is 19.4. The normalized spacial score (nSPS) is 18.1. The summed E-state index contributed by atoms with van der Waals surface area (Å²) in [6, 6.07) is 11.6. The maximum Gasteiger partial charge on any atom is 0.416 e. The lowest BCUT2D eigenvalue weighted by atomic mass is 9.82. The molecule has 0 radical (unpaired) electrons. The highest BCUT2D eigenvalue weighted by Crippen LogP contribution is 2.34. The number of nitrogens with zero attached hydrogens (tertiary/aromatic N) is 2. The van der Waals surface area contributed by atoms with Gasteiger partial charge in [0.2, 0.25) is 0 Å². The van der Waals surface area contributed by atoms with Crippen molar-refractivity contribution in [1.82, 2.24) is 10.2 Å². The van der Waals surface area contributed by atoms with E-state index in [1.807, 2.05) is 12.1 Å². The second kappa shape index (κ2) is 10.2. The van der Waals surface area contributed by atoms with Gasteiger partial charge in [0.25, 0.3) is 0 Å². The number of benzene rings is 2. The van der Waals surface area contributed by atoms with E-state index in [0.29, 0.717) is 17.3 Å². The number of amides is 1. The zero-order valence-corrected chi connectivity index (χ0v) is 18.8. The van der Waals surface area contributed by atoms with Gasteiger partial charge in [-0.2, -0.15) is 13.2 Å². The molecule has 4 rings (SSSR count). The van der Waals surface area contributed by atoms with E-state index in [1.165, 1.54) is 19.1 Å². The molecule has 1 fully saturated rings. The second-order valence-corrected chi connectivity index (χ2v) is 8.27. The molecule has 0 spiro atoms. The molecule has 1 aliphatic carbocycles. The number of ether oxygens (including phenoxy) is 1. The number of carbonyl (C=O) groups excluding carboxylic acids is 2. The molecule has 0 aliphatic heterocycles. The van der Waals surface area contributed by atoms with Gasteiger partial charge in [0.1, 0.15) is 6.10 Å². The van der Waals surface area contributed by atoms with Crippen LogP contribution in [0.1, 0.15) is 60.3 Å². The standard InChI is InChI=1S/C24H23F3N4O4/c1-14(32)34-20-12-4-16(5-13-20)15-2-8-18(9-3-15)28-21(33)22-30-31-23(35-22)29-19-10-6-17(7-11-19)24(25,26)27/h2-3,6-11,16,20H,4-5,12-13H2,1H3,(H,28,33)(H,29,31)/t16-,20-. The summed E-state index contributed by atoms with van der Waals surface area (Å²) in [5.74, 6) is -0.807. The monoisotopic (exact) mass is 488 g/mol. The van der Waals surface area contributed by atoms with Crippen molar-refractivity contribution in [2.45, 2.75) is 50.8 Å². The number of esters is 1. The molecule has 0 bridgehead atoms. The molecule has 1 heterocycles. The first-order valence-corrected chi connectivity index (χ1v) is 11.0. The molecule has 11 heteroatoms. The van der Waals surface area contributed by atoms with Crippen LogP contribution in [-0.4, -0.2) is 28.2 Å². The van der Waals surface area contributed by atoms with E-state index in [4.69, 9.17) is 9.15 Å². The minimum atomic E-state index is -4.43. The van der Waals surface area contributed by atoms with E-state index in [2.05, 4.69) is 20.8 Å². The number of hydrogen-bond acceptors (Lipinski definition) is 7. The quantitative estimate of drug-likeness (QED) is 0.430. The SMILES string of the molecule is CC(=O)O[C@H]1CC[C@H](c2ccc(NC(=O)c3nnc(Nc4ccc(C(F)(F)F)cc4)o3)cc2)CC1. The van der Waals surface area contributed by atoms with E-state index in [0.717, 1.165) is 43.4 Å². The van der Waals surface area contributed by atoms with Gasteiger partial charge in [-0.05, 0) is 73.6 Å². The van der Waals surface area contributed by atoms with E-state index >= 15 is 0 Å². The third kappa shape index (κ3) is 6.37. The van der Waals surface area contributed by atoms with Crippen molar-refractivity contribution in [1.29, 1.82) is 0 Å². The van der Waals surface area contributed by atoms with Crippen LogP contribution >= 0.6 is 0 Å². The summed E-state index contributed by atoms with van der Waals surface area (Å²) in [5.41, 5.74) is 1.20. The average molecular weight is 488 g/mol. The van der Waals surface area contributed by atoms with E-state index in [1.54, 1.807) is 12.1 Å². The molecular weight excluding hydrogens is 465 g/mol. The Labute approximate surface area is 198 Å². The van der Waals surface area contributed by atoms with Gasteiger partial charge < -0.3 is 19.8 Å². The van der Waals surface area contributed by atoms with Crippen molar-refractivity contribution < 1.29 is 31.9 Å². The summed E-state index contributed by atoms with van der Waals surface area (Å²) in [6.07, 6.45) is -0.973. The van der Waals surface area contributed by atoms with Crippen molar-refractivity contribution >= 4 is 29.3 Å². The fraction of sp³-hybridized carbons (Fsp3) is 0.333. The van der Waals surface area contributed by atoms with Gasteiger partial charge in [-0.25, -0.2) is 0 Å². The molecule has 2 aromatic carbocycles. The Bertz CT molecular complexity index is 1170. The summed E-state index contributed by atoms with van der Waals surface area (Å²) >= 11 is 0. The maximum atomic E-state index is 12.7. The lowest BCUT2D eigenvalue weighted by Gasteiger charge is -2.28. The molecule has 2 N–H and O–H groups in total. The van der Waals surface area contributed by atoms with Gasteiger partial charge in [-0.3, -0.25) is 9.59 Å². The fourth-order valence-electron chi connectivity index (χ4n) is 4.00. The number of alkyl halides is 3. The van der Waals surface area contributed by atoms with E-state index < -0.39 is 17.6 Å². The van der Waals surface area contributed by atoms with Crippen LogP contribution in [0.5, 0.6) is 0 Å². The van der Waals surface area contributed by atoms with Gasteiger partial charge in [-0.1, -0.05) is 17.2 Å². The second-order valence-electron chi connectivity index (χ2n) is 8.27. The van der Waals surface area contributed by atoms with Crippen molar-refractivity contribution in [2.24, 2.45) is 0 Å². The smallest absolute Gasteiger partial charge is 0.416 e. The summed E-state index contributed by atoms with van der Waals surface area (Å²) in [4.78, 5) is 23.6. The zero-order valence-electron chi connectivity index (χ0n) is 18.8. The molecule has 1 amide bonds. The van der Waals surface area contributed by atoms with Crippen molar-refractivity contribution in [3.8, 4) is 0 Å². The molecule has 1 aromatic heterocycles. The first kappa shape index (κ1) is 24.2. The molecule has 1 aliphatic rings. The molecule has 1 saturated carbocycles. The zero-order chi connectivity index (χ0) is 25.0. The predicted octanol–water partition coefficient (Wildman–Crippen LogP) is 5.67. The molecule has 0 unspecified atom stereocenters. The van der Waals surface area contributed by atoms with Crippen LogP contribution in [0.25, 0.3) is 0 Å². The van der Waals surface area contributed by atoms with Gasteiger partial charge in [0.15, 0.2) is 0 Å². The molecule has 35 heavy (non-hydrogen) atoms. The Hall–Kier alpha value is -3.89. The molecule has 0 saturated heterocycles. The third-order valence-corrected chi connectivity index (χ3v) is 5.73. The first-order chi connectivity index (χ1) is 16.7. The minimum absolute atomic E-state index is 0.0182. The molecule has 3 aromatic rings. The number of rotatable bonds is 6. The minimum Gasteiger partial charge on any atom is -0.463 e. The fourth-order valence-corrected chi connectivity index (χ4v) is 4.00. The van der Waals surface area contributed by atoms with Crippen LogP contribution in [0.3, 0.4) is 0 Å². The molecular formula is C24H23F3N4O4. The van der Waals surface area contributed by atoms with E-state index in [9.17, 15) is 22.8 Å². The Morgan fingerprint density at radius 1 is 0.943 bits per heavy atom. The molecule has 184 valence electrons. The Balaban J connectivity index is 1.30. The summed E-state index contributed by atoms with van der Waals surface area (Å²) in [6.45, 7) is 1.42. The lowest BCUT2D eigenvalue weighted by molar-refractivity contribution is -0.147. The van der Waals surface area contributed by atoms with Gasteiger partial charge in [0.05, 0.1) is 5.56 Å². The summed E-state index contributed by atoms with van der Waals surface area (Å²) in [7, 11) is 0. The predicted molar refractivity (Wildman–Crippen MR) is 120 cm³/mol. The van der Waals surface area contributed by atoms with E-state index in [-0.39, 0.29) is 24.0 Å². The number of halogens is 3. The number of hydrogen-bond donors (Lipinski definition) is 2. The van der Waals surface area contributed by atoms with Crippen molar-refractivity contribution in [3.63, 3.8) is 0 Å². The summed E-state index contributed by atoms with van der Waals surface area (Å²) in [5, 5.41) is 12.7. The van der Waals surface area contributed by atoms with Gasteiger partial charge in [-0.15, -0.1) is 5.10 Å². The van der Waals surface area contributed by atoms with Crippen molar-refractivity contribution in [2.75, 3.05) is 10.6 Å². The lowest BCUT2D eigenvalue weighted by Crippen LogP contribution is -2.22. The highest BCUT2D eigenvalue weighted by molar-refractivity contribution is 6.00. The molecule has 8 nitrogen and oxygen atoms in total. The molecule has 0 atom stereocenters. The Morgan fingerprint density at radius 2 is 1.57 bits per heavy atom. The average Bonchev–Trinajstić information content (AvgIpc) is 3.28. The number of carbonyl (C=O) groups is 2.